The number of hydrogen-bond acceptors (Lipinski definition) is 3. The van der Waals surface area contributed by atoms with E-state index in [1.165, 1.54) is 6.07 Å². The van der Waals surface area contributed by atoms with E-state index in [0.717, 1.165) is 11.1 Å². The van der Waals surface area contributed by atoms with Gasteiger partial charge in [-0.1, -0.05) is 24.3 Å². The third-order valence-electron chi connectivity index (χ3n) is 3.65. The molecule has 0 saturated carbocycles. The molecule has 2 aromatic carbocycles. The Morgan fingerprint density at radius 1 is 1.15 bits per heavy atom. The molecule has 6 nitrogen and oxygen atoms in total. The van der Waals surface area contributed by atoms with Gasteiger partial charge in [-0.2, -0.15) is 0 Å². The second-order valence-electron chi connectivity index (χ2n) is 5.77. The molecule has 0 bridgehead atoms. The van der Waals surface area contributed by atoms with Crippen molar-refractivity contribution in [2.24, 2.45) is 10.7 Å². The maximum atomic E-state index is 13.3. The third-order valence-corrected chi connectivity index (χ3v) is 3.65. The molecule has 7 heteroatoms. The Balaban J connectivity index is 1.87. The zero-order valence-corrected chi connectivity index (χ0v) is 14.9. The summed E-state index contributed by atoms with van der Waals surface area (Å²) in [6.45, 7) is 2.63. The standard InChI is InChI=1S/C19H23FN4O2/c1-13-8-15(6-7-17(13)20)11-24-19(22-2)23-10-14-4-3-5-16(9-14)26-12-18(21)25/h3-9H,10-12H2,1-2H3,(H2,21,25)(H2,22,23,24). The van der Waals surface area contributed by atoms with Gasteiger partial charge in [-0.05, 0) is 41.8 Å². The van der Waals surface area contributed by atoms with Gasteiger partial charge in [0.25, 0.3) is 5.91 Å². The number of benzene rings is 2. The number of aryl methyl sites for hydroxylation is 1. The monoisotopic (exact) mass is 358 g/mol. The lowest BCUT2D eigenvalue weighted by Crippen LogP contribution is -2.36. The number of carbonyl (C=O) groups is 1. The van der Waals surface area contributed by atoms with Crippen LogP contribution in [-0.2, 0) is 17.9 Å². The van der Waals surface area contributed by atoms with Crippen molar-refractivity contribution in [3.63, 3.8) is 0 Å². The molecule has 2 rings (SSSR count). The van der Waals surface area contributed by atoms with Crippen LogP contribution in [0, 0.1) is 12.7 Å². The van der Waals surface area contributed by atoms with Crippen molar-refractivity contribution in [3.8, 4) is 5.75 Å². The summed E-state index contributed by atoms with van der Waals surface area (Å²) in [5, 5.41) is 6.37. The second kappa shape index (κ2) is 9.41. The first-order valence-electron chi connectivity index (χ1n) is 8.17. The van der Waals surface area contributed by atoms with Crippen LogP contribution in [0.15, 0.2) is 47.5 Å². The lowest BCUT2D eigenvalue weighted by atomic mass is 10.1. The maximum absolute atomic E-state index is 13.3. The highest BCUT2D eigenvalue weighted by Crippen LogP contribution is 2.13. The molecule has 0 aliphatic rings. The Hall–Kier alpha value is -3.09. The fourth-order valence-electron chi connectivity index (χ4n) is 2.31. The summed E-state index contributed by atoms with van der Waals surface area (Å²) in [4.78, 5) is 14.9. The van der Waals surface area contributed by atoms with Gasteiger partial charge in [-0.25, -0.2) is 4.39 Å². The van der Waals surface area contributed by atoms with Gasteiger partial charge in [0.2, 0.25) is 0 Å². The molecule has 0 radical (unpaired) electrons. The second-order valence-corrected chi connectivity index (χ2v) is 5.77. The van der Waals surface area contributed by atoms with Gasteiger partial charge in [0.15, 0.2) is 12.6 Å². The van der Waals surface area contributed by atoms with E-state index in [2.05, 4.69) is 15.6 Å². The van der Waals surface area contributed by atoms with Gasteiger partial charge >= 0.3 is 0 Å². The SMILES string of the molecule is CN=C(NCc1cccc(OCC(N)=O)c1)NCc1ccc(F)c(C)c1. The van der Waals surface area contributed by atoms with Crippen molar-refractivity contribution in [1.29, 1.82) is 0 Å². The van der Waals surface area contributed by atoms with Gasteiger partial charge in [0.1, 0.15) is 11.6 Å². The van der Waals surface area contributed by atoms with Crippen molar-refractivity contribution < 1.29 is 13.9 Å². The zero-order valence-electron chi connectivity index (χ0n) is 14.9. The third kappa shape index (κ3) is 6.08. The van der Waals surface area contributed by atoms with E-state index in [-0.39, 0.29) is 12.4 Å². The van der Waals surface area contributed by atoms with E-state index >= 15 is 0 Å². The summed E-state index contributed by atoms with van der Waals surface area (Å²) >= 11 is 0. The maximum Gasteiger partial charge on any atom is 0.255 e. The first kappa shape index (κ1) is 19.2. The minimum Gasteiger partial charge on any atom is -0.484 e. The van der Waals surface area contributed by atoms with Gasteiger partial charge in [-0.3, -0.25) is 9.79 Å². The number of ether oxygens (including phenoxy) is 1. The molecule has 0 aliphatic carbocycles. The van der Waals surface area contributed by atoms with Gasteiger partial charge < -0.3 is 21.1 Å². The minimum atomic E-state index is -0.519. The van der Waals surface area contributed by atoms with E-state index in [4.69, 9.17) is 10.5 Å². The fraction of sp³-hybridized carbons (Fsp3) is 0.263. The zero-order chi connectivity index (χ0) is 18.9. The summed E-state index contributed by atoms with van der Waals surface area (Å²) in [6.07, 6.45) is 0. The van der Waals surface area contributed by atoms with Crippen LogP contribution in [0.4, 0.5) is 4.39 Å². The highest BCUT2D eigenvalue weighted by molar-refractivity contribution is 5.79. The first-order chi connectivity index (χ1) is 12.5. The number of guanidine groups is 1. The Morgan fingerprint density at radius 2 is 1.85 bits per heavy atom. The highest BCUT2D eigenvalue weighted by Gasteiger charge is 2.03. The van der Waals surface area contributed by atoms with Crippen LogP contribution in [0.5, 0.6) is 5.75 Å². The van der Waals surface area contributed by atoms with E-state index in [1.807, 2.05) is 18.2 Å². The van der Waals surface area contributed by atoms with Crippen molar-refractivity contribution in [3.05, 3.63) is 65.0 Å². The molecule has 4 N–H and O–H groups in total. The highest BCUT2D eigenvalue weighted by atomic mass is 19.1. The smallest absolute Gasteiger partial charge is 0.255 e. The van der Waals surface area contributed by atoms with Crippen LogP contribution in [0.1, 0.15) is 16.7 Å². The molecule has 0 fully saturated rings. The topological polar surface area (TPSA) is 88.7 Å². The van der Waals surface area contributed by atoms with Gasteiger partial charge in [-0.15, -0.1) is 0 Å². The number of halogens is 1. The fourth-order valence-corrected chi connectivity index (χ4v) is 2.31. The number of nitrogens with one attached hydrogen (secondary N) is 2. The van der Waals surface area contributed by atoms with Crippen molar-refractivity contribution >= 4 is 11.9 Å². The van der Waals surface area contributed by atoms with E-state index in [9.17, 15) is 9.18 Å². The molecule has 1 amide bonds. The summed E-state index contributed by atoms with van der Waals surface area (Å²) < 4.78 is 18.6. The van der Waals surface area contributed by atoms with Crippen LogP contribution in [-0.4, -0.2) is 25.5 Å². The number of primary amides is 1. The molecule has 0 aliphatic heterocycles. The first-order valence-corrected chi connectivity index (χ1v) is 8.17. The Bertz CT molecular complexity index is 793. The molecule has 0 aromatic heterocycles. The van der Waals surface area contributed by atoms with Crippen molar-refractivity contribution in [2.45, 2.75) is 20.0 Å². The molecule has 0 atom stereocenters. The molecule has 2 aromatic rings. The number of hydrogen-bond donors (Lipinski definition) is 3. The lowest BCUT2D eigenvalue weighted by molar-refractivity contribution is -0.119. The Morgan fingerprint density at radius 3 is 2.46 bits per heavy atom. The Kier molecular flexibility index (Phi) is 6.96. The number of rotatable bonds is 7. The molecule has 0 saturated heterocycles. The van der Waals surface area contributed by atoms with Crippen LogP contribution >= 0.6 is 0 Å². The minimum absolute atomic E-state index is 0.156. The molecule has 138 valence electrons. The molecule has 0 unspecified atom stereocenters. The molecule has 0 heterocycles. The normalized spacial score (nSPS) is 11.1. The largest absolute Gasteiger partial charge is 0.484 e. The van der Waals surface area contributed by atoms with Gasteiger partial charge in [0, 0.05) is 20.1 Å². The summed E-state index contributed by atoms with van der Waals surface area (Å²) in [6, 6.07) is 12.4. The summed E-state index contributed by atoms with van der Waals surface area (Å²) in [5.74, 6) is 0.465. The van der Waals surface area contributed by atoms with Crippen molar-refractivity contribution in [1.82, 2.24) is 10.6 Å². The van der Waals surface area contributed by atoms with Crippen LogP contribution < -0.4 is 21.1 Å². The van der Waals surface area contributed by atoms with E-state index in [0.29, 0.717) is 30.4 Å². The average Bonchev–Trinajstić information content (AvgIpc) is 2.63. The summed E-state index contributed by atoms with van der Waals surface area (Å²) in [7, 11) is 1.68. The van der Waals surface area contributed by atoms with E-state index < -0.39 is 5.91 Å². The molecular formula is C19H23FN4O2. The van der Waals surface area contributed by atoms with E-state index in [1.54, 1.807) is 32.2 Å². The van der Waals surface area contributed by atoms with Crippen LogP contribution in [0.2, 0.25) is 0 Å². The summed E-state index contributed by atoms with van der Waals surface area (Å²) in [5.41, 5.74) is 7.62. The molecular weight excluding hydrogens is 335 g/mol. The van der Waals surface area contributed by atoms with Crippen LogP contribution in [0.3, 0.4) is 0 Å². The van der Waals surface area contributed by atoms with Crippen LogP contribution in [0.25, 0.3) is 0 Å². The average molecular weight is 358 g/mol. The molecule has 26 heavy (non-hydrogen) atoms. The lowest BCUT2D eigenvalue weighted by Gasteiger charge is -2.13. The quantitative estimate of drug-likeness (QED) is 0.521. The van der Waals surface area contributed by atoms with Gasteiger partial charge in [0.05, 0.1) is 0 Å². The number of aliphatic imine (C=N–C) groups is 1. The van der Waals surface area contributed by atoms with Crippen molar-refractivity contribution in [2.75, 3.05) is 13.7 Å². The number of nitrogens with two attached hydrogens (primary N) is 1. The predicted octanol–water partition coefficient (Wildman–Crippen LogP) is 1.86. The Labute approximate surface area is 152 Å². The number of carbonyl (C=O) groups excluding carboxylic acids is 1. The number of amides is 1. The molecule has 0 spiro atoms. The predicted molar refractivity (Wildman–Crippen MR) is 99.3 cm³/mol. The number of nitrogens with zero attached hydrogens (tertiary/aromatic N) is 1.